The minimum atomic E-state index is -4.39. The van der Waals surface area contributed by atoms with Crippen molar-refractivity contribution >= 4 is 28.1 Å². The Kier molecular flexibility index (Phi) is 9.03. The first-order valence-electron chi connectivity index (χ1n) is 15.8. The van der Waals surface area contributed by atoms with Gasteiger partial charge in [-0.3, -0.25) is 9.69 Å². The number of hydrogen-bond donors (Lipinski definition) is 2. The van der Waals surface area contributed by atoms with Gasteiger partial charge in [-0.1, -0.05) is 12.0 Å². The Bertz CT molecular complexity index is 1580. The van der Waals surface area contributed by atoms with Gasteiger partial charge in [0.05, 0.1) is 30.6 Å². The summed E-state index contributed by atoms with van der Waals surface area (Å²) < 4.78 is 53.3. The van der Waals surface area contributed by atoms with Crippen molar-refractivity contribution in [3.8, 4) is 17.6 Å². The van der Waals surface area contributed by atoms with Gasteiger partial charge < -0.3 is 24.7 Å². The zero-order valence-electron chi connectivity index (χ0n) is 25.9. The number of halogens is 3. The van der Waals surface area contributed by atoms with Crippen LogP contribution >= 0.6 is 0 Å². The molecule has 2 aromatic carbocycles. The number of hydrogen-bond acceptors (Lipinski definition) is 6. The van der Waals surface area contributed by atoms with Crippen LogP contribution < -0.4 is 15.4 Å². The smallest absolute Gasteiger partial charge is 0.406 e. The molecule has 1 spiro atoms. The largest absolute Gasteiger partial charge is 0.495 e. The number of ether oxygens (including phenoxy) is 2. The Morgan fingerprint density at radius 3 is 2.51 bits per heavy atom. The van der Waals surface area contributed by atoms with Gasteiger partial charge in [0.2, 0.25) is 0 Å². The van der Waals surface area contributed by atoms with Gasteiger partial charge in [0.25, 0.3) is 0 Å². The van der Waals surface area contributed by atoms with Crippen molar-refractivity contribution in [3.63, 3.8) is 0 Å². The number of methoxy groups -OCH3 is 1. The van der Waals surface area contributed by atoms with Crippen LogP contribution in [-0.2, 0) is 11.3 Å². The molecule has 7 nitrogen and oxygen atoms in total. The third kappa shape index (κ3) is 7.10. The van der Waals surface area contributed by atoms with Gasteiger partial charge in [0.15, 0.2) is 5.78 Å². The molecule has 3 fully saturated rings. The van der Waals surface area contributed by atoms with Gasteiger partial charge in [-0.2, -0.15) is 13.2 Å². The van der Waals surface area contributed by atoms with E-state index in [9.17, 15) is 18.0 Å². The molecule has 1 aromatic heterocycles. The number of anilines is 2. The van der Waals surface area contributed by atoms with E-state index < -0.39 is 12.7 Å². The number of nitrogens with one attached hydrogen (secondary N) is 2. The Morgan fingerprint density at radius 2 is 1.82 bits per heavy atom. The molecule has 2 N–H and O–H groups in total. The number of ketones is 1. The third-order valence-electron chi connectivity index (χ3n) is 9.68. The first-order chi connectivity index (χ1) is 21.6. The van der Waals surface area contributed by atoms with Gasteiger partial charge in [-0.15, -0.1) is 0 Å². The number of Topliss-reactive ketones (excluding diaryl/α,β-unsaturated/α-hetero) is 1. The maximum absolute atomic E-state index is 13.7. The highest BCUT2D eigenvalue weighted by Gasteiger charge is 2.46. The molecule has 0 bridgehead atoms. The lowest BCUT2D eigenvalue weighted by molar-refractivity contribution is -0.140. The Hall–Kier alpha value is -3.68. The Balaban J connectivity index is 1.13. The number of aromatic nitrogens is 1. The van der Waals surface area contributed by atoms with E-state index in [1.54, 1.807) is 30.3 Å². The van der Waals surface area contributed by atoms with E-state index in [1.807, 2.05) is 12.1 Å². The highest BCUT2D eigenvalue weighted by molar-refractivity contribution is 5.95. The number of benzene rings is 2. The summed E-state index contributed by atoms with van der Waals surface area (Å²) in [6, 6.07) is 13.2. The predicted molar refractivity (Wildman–Crippen MR) is 170 cm³/mol. The van der Waals surface area contributed by atoms with Crippen LogP contribution in [0, 0.1) is 17.3 Å². The molecule has 1 saturated carbocycles. The van der Waals surface area contributed by atoms with Gasteiger partial charge in [0, 0.05) is 60.4 Å². The van der Waals surface area contributed by atoms with Gasteiger partial charge in [-0.05, 0) is 87.8 Å². The number of rotatable bonds is 8. The first-order valence-corrected chi connectivity index (χ1v) is 15.8. The molecule has 1 aliphatic carbocycles. The van der Waals surface area contributed by atoms with Crippen molar-refractivity contribution in [3.05, 3.63) is 53.7 Å². The topological polar surface area (TPSA) is 67.8 Å². The lowest BCUT2D eigenvalue weighted by atomic mass is 9.71. The number of fused-ring (bicyclic) bond motifs is 1. The molecule has 0 atom stereocenters. The van der Waals surface area contributed by atoms with E-state index in [2.05, 4.69) is 27.4 Å². The van der Waals surface area contributed by atoms with Crippen LogP contribution in [0.25, 0.3) is 10.9 Å². The lowest BCUT2D eigenvalue weighted by Crippen LogP contribution is -2.62. The summed E-state index contributed by atoms with van der Waals surface area (Å²) in [5.41, 5.74) is 3.30. The van der Waals surface area contributed by atoms with Crippen molar-refractivity contribution in [1.82, 2.24) is 9.47 Å². The van der Waals surface area contributed by atoms with Gasteiger partial charge in [0.1, 0.15) is 12.3 Å². The van der Waals surface area contributed by atoms with Gasteiger partial charge in [-0.25, -0.2) is 0 Å². The van der Waals surface area contributed by atoms with E-state index in [1.165, 1.54) is 44.5 Å². The number of nitrogens with zero attached hydrogens (tertiary/aromatic N) is 2. The quantitative estimate of drug-likeness (QED) is 0.215. The molecule has 0 unspecified atom stereocenters. The number of alkyl halides is 3. The molecule has 2 aliphatic heterocycles. The molecule has 240 valence electrons. The maximum atomic E-state index is 13.7. The molecule has 3 heterocycles. The predicted octanol–water partition coefficient (Wildman–Crippen LogP) is 6.71. The molecule has 0 radical (unpaired) electrons. The van der Waals surface area contributed by atoms with Crippen molar-refractivity contribution in [1.29, 1.82) is 0 Å². The molecular formula is C35H41F3N4O3. The minimum Gasteiger partial charge on any atom is -0.495 e. The van der Waals surface area contributed by atoms with Crippen LogP contribution in [0.4, 0.5) is 24.5 Å². The summed E-state index contributed by atoms with van der Waals surface area (Å²) in [4.78, 5) is 14.3. The Labute approximate surface area is 262 Å². The second kappa shape index (κ2) is 13.0. The maximum Gasteiger partial charge on any atom is 0.406 e. The highest BCUT2D eigenvalue weighted by atomic mass is 19.4. The van der Waals surface area contributed by atoms with Crippen molar-refractivity contribution in [2.45, 2.75) is 70.3 Å². The van der Waals surface area contributed by atoms with E-state index >= 15 is 0 Å². The summed E-state index contributed by atoms with van der Waals surface area (Å²) in [6.45, 7) is 4.69. The zero-order chi connectivity index (χ0) is 31.6. The third-order valence-corrected chi connectivity index (χ3v) is 9.68. The highest BCUT2D eigenvalue weighted by Crippen LogP contribution is 2.43. The number of likely N-dealkylation sites (tertiary alicyclic amines) is 1. The summed E-state index contributed by atoms with van der Waals surface area (Å²) in [5.74, 6) is 6.35. The van der Waals surface area contributed by atoms with E-state index in [0.717, 1.165) is 50.0 Å². The molecule has 2 saturated heterocycles. The van der Waals surface area contributed by atoms with E-state index in [0.29, 0.717) is 39.7 Å². The first kappa shape index (κ1) is 31.3. The fourth-order valence-electron chi connectivity index (χ4n) is 7.19. The molecule has 3 aliphatic rings. The summed E-state index contributed by atoms with van der Waals surface area (Å²) >= 11 is 0. The second-order valence-corrected chi connectivity index (χ2v) is 12.8. The van der Waals surface area contributed by atoms with Crippen LogP contribution in [0.15, 0.2) is 42.5 Å². The normalized spacial score (nSPS) is 21.5. The molecule has 6 rings (SSSR count). The average molecular weight is 623 g/mol. The van der Waals surface area contributed by atoms with Crippen molar-refractivity contribution in [2.24, 2.45) is 5.41 Å². The molecule has 10 heteroatoms. The molecule has 45 heavy (non-hydrogen) atoms. The lowest BCUT2D eigenvalue weighted by Gasteiger charge is -2.56. The fraction of sp³-hybridized carbons (Fsp3) is 0.514. The van der Waals surface area contributed by atoms with Crippen molar-refractivity contribution < 1.29 is 27.4 Å². The van der Waals surface area contributed by atoms with Crippen LogP contribution in [0.5, 0.6) is 5.75 Å². The van der Waals surface area contributed by atoms with Crippen LogP contribution in [0.2, 0.25) is 0 Å². The number of carbonyl (C=O) groups is 1. The van der Waals surface area contributed by atoms with Crippen molar-refractivity contribution in [2.75, 3.05) is 50.6 Å². The fourth-order valence-corrected chi connectivity index (χ4v) is 7.19. The van der Waals surface area contributed by atoms with Gasteiger partial charge >= 0.3 is 6.18 Å². The minimum absolute atomic E-state index is 0.0751. The van der Waals surface area contributed by atoms with E-state index in [4.69, 9.17) is 9.47 Å². The van der Waals surface area contributed by atoms with Crippen LogP contribution in [0.1, 0.15) is 61.5 Å². The molecular weight excluding hydrogens is 581 g/mol. The van der Waals surface area contributed by atoms with Crippen LogP contribution in [0.3, 0.4) is 0 Å². The average Bonchev–Trinajstić information content (AvgIpc) is 3.35. The SMILES string of the molecule is COc1cc(C(C)=O)ccc1NCC#Cc1cc2c(NC3CCC(N4CC5(CCOCC5)C4)CC3)cccc2n1CC(F)(F)F. The van der Waals surface area contributed by atoms with Crippen LogP contribution in [-0.4, -0.2) is 73.5 Å². The monoisotopic (exact) mass is 622 g/mol. The molecule has 3 aromatic rings. The zero-order valence-corrected chi connectivity index (χ0v) is 25.9. The summed E-state index contributed by atoms with van der Waals surface area (Å²) in [7, 11) is 1.51. The number of carbonyl (C=O) groups excluding carboxylic acids is 1. The second-order valence-electron chi connectivity index (χ2n) is 12.8. The van der Waals surface area contributed by atoms with E-state index in [-0.39, 0.29) is 18.4 Å². The summed E-state index contributed by atoms with van der Waals surface area (Å²) in [5, 5.41) is 7.55. The summed E-state index contributed by atoms with van der Waals surface area (Å²) in [6.07, 6.45) is 2.27. The standard InChI is InChI=1S/C35H41F3N4O3/c1-24(43)25-8-13-31(33(19-25)44-2)39-16-4-5-28-20-29-30(6-3-7-32(29)42(28)23-35(36,37)38)40-26-9-11-27(12-10-26)41-21-34(22-41)14-17-45-18-15-34/h3,6-8,13,19-20,26-27,39-40H,9-12,14-18,21-23H2,1-2H3. The molecule has 0 amide bonds. The Morgan fingerprint density at radius 1 is 1.07 bits per heavy atom.